The van der Waals surface area contributed by atoms with Crippen molar-refractivity contribution in [3.05, 3.63) is 12.2 Å². The Bertz CT molecular complexity index is 276. The molecule has 1 aliphatic heterocycles. The van der Waals surface area contributed by atoms with Crippen LogP contribution in [0, 0.1) is 0 Å². The maximum absolute atomic E-state index is 5.56. The first kappa shape index (κ1) is 8.69. The van der Waals surface area contributed by atoms with E-state index in [9.17, 15) is 0 Å². The van der Waals surface area contributed by atoms with Gasteiger partial charge in [0.1, 0.15) is 12.4 Å². The van der Waals surface area contributed by atoms with Crippen LogP contribution in [0.4, 0.5) is 0 Å². The molecule has 1 unspecified atom stereocenters. The van der Waals surface area contributed by atoms with Gasteiger partial charge in [-0.1, -0.05) is 0 Å². The van der Waals surface area contributed by atoms with E-state index in [4.69, 9.17) is 4.74 Å². The predicted molar refractivity (Wildman–Crippen MR) is 48.3 cm³/mol. The first-order valence-electron chi connectivity index (χ1n) is 4.80. The van der Waals surface area contributed by atoms with E-state index in [2.05, 4.69) is 28.6 Å². The van der Waals surface area contributed by atoms with Crippen molar-refractivity contribution in [2.24, 2.45) is 0 Å². The molecule has 0 bridgehead atoms. The number of aromatic nitrogens is 3. The predicted octanol–water partition coefficient (Wildman–Crippen LogP) is 1.71. The molecule has 1 saturated heterocycles. The van der Waals surface area contributed by atoms with E-state index in [-0.39, 0.29) is 6.10 Å². The summed E-state index contributed by atoms with van der Waals surface area (Å²) in [5, 5.41) is 8.03. The van der Waals surface area contributed by atoms with E-state index < -0.39 is 0 Å². The SMILES string of the molecule is CC(C)n1cnnc1C1CCCO1. The molecular weight excluding hydrogens is 166 g/mol. The number of hydrogen-bond acceptors (Lipinski definition) is 3. The highest BCUT2D eigenvalue weighted by Crippen LogP contribution is 2.27. The number of ether oxygens (including phenoxy) is 1. The molecule has 1 aliphatic rings. The molecule has 1 atom stereocenters. The van der Waals surface area contributed by atoms with Crippen LogP contribution in [0.1, 0.15) is 44.7 Å². The molecule has 2 heterocycles. The van der Waals surface area contributed by atoms with E-state index in [1.165, 1.54) is 0 Å². The van der Waals surface area contributed by atoms with Crippen LogP contribution >= 0.6 is 0 Å². The van der Waals surface area contributed by atoms with Gasteiger partial charge in [0, 0.05) is 12.6 Å². The summed E-state index contributed by atoms with van der Waals surface area (Å²) < 4.78 is 7.64. The molecule has 0 N–H and O–H groups in total. The van der Waals surface area contributed by atoms with Gasteiger partial charge in [-0.2, -0.15) is 0 Å². The Balaban J connectivity index is 2.23. The lowest BCUT2D eigenvalue weighted by Gasteiger charge is -2.13. The van der Waals surface area contributed by atoms with Gasteiger partial charge in [0.2, 0.25) is 0 Å². The highest BCUT2D eigenvalue weighted by molar-refractivity contribution is 4.95. The maximum Gasteiger partial charge on any atom is 0.162 e. The number of nitrogens with zero attached hydrogens (tertiary/aromatic N) is 3. The van der Waals surface area contributed by atoms with Gasteiger partial charge < -0.3 is 9.30 Å². The lowest BCUT2D eigenvalue weighted by molar-refractivity contribution is 0.101. The molecule has 0 aromatic carbocycles. The van der Waals surface area contributed by atoms with Gasteiger partial charge in [-0.3, -0.25) is 0 Å². The summed E-state index contributed by atoms with van der Waals surface area (Å²) in [6, 6.07) is 0.411. The van der Waals surface area contributed by atoms with Gasteiger partial charge in [-0.25, -0.2) is 0 Å². The summed E-state index contributed by atoms with van der Waals surface area (Å²) in [6.45, 7) is 5.11. The van der Waals surface area contributed by atoms with Crippen LogP contribution in [0.2, 0.25) is 0 Å². The zero-order valence-electron chi connectivity index (χ0n) is 8.10. The minimum absolute atomic E-state index is 0.171. The van der Waals surface area contributed by atoms with Crippen molar-refractivity contribution in [2.75, 3.05) is 6.61 Å². The molecule has 1 aromatic rings. The lowest BCUT2D eigenvalue weighted by atomic mass is 10.2. The second kappa shape index (κ2) is 3.46. The summed E-state index contributed by atoms with van der Waals surface area (Å²) >= 11 is 0. The van der Waals surface area contributed by atoms with Gasteiger partial charge in [-0.05, 0) is 26.7 Å². The molecule has 0 saturated carbocycles. The summed E-state index contributed by atoms with van der Waals surface area (Å²) in [7, 11) is 0. The largest absolute Gasteiger partial charge is 0.370 e. The second-order valence-electron chi connectivity index (χ2n) is 3.69. The van der Waals surface area contributed by atoms with Gasteiger partial charge >= 0.3 is 0 Å². The highest BCUT2D eigenvalue weighted by Gasteiger charge is 2.23. The fraction of sp³-hybridized carbons (Fsp3) is 0.778. The third-order valence-corrected chi connectivity index (χ3v) is 2.37. The minimum atomic E-state index is 0.171. The van der Waals surface area contributed by atoms with Crippen molar-refractivity contribution < 1.29 is 4.74 Å². The Kier molecular flexibility index (Phi) is 2.31. The van der Waals surface area contributed by atoms with Crippen molar-refractivity contribution in [3.63, 3.8) is 0 Å². The molecule has 0 spiro atoms. The Morgan fingerprint density at radius 2 is 2.46 bits per heavy atom. The Labute approximate surface area is 77.9 Å². The van der Waals surface area contributed by atoms with Crippen molar-refractivity contribution in [1.29, 1.82) is 0 Å². The van der Waals surface area contributed by atoms with Crippen molar-refractivity contribution >= 4 is 0 Å². The van der Waals surface area contributed by atoms with Crippen LogP contribution in [-0.2, 0) is 4.74 Å². The van der Waals surface area contributed by atoms with E-state index >= 15 is 0 Å². The Morgan fingerprint density at radius 1 is 1.62 bits per heavy atom. The highest BCUT2D eigenvalue weighted by atomic mass is 16.5. The van der Waals surface area contributed by atoms with E-state index in [1.807, 2.05) is 0 Å². The fourth-order valence-corrected chi connectivity index (χ4v) is 1.66. The van der Waals surface area contributed by atoms with E-state index in [0.29, 0.717) is 6.04 Å². The van der Waals surface area contributed by atoms with E-state index in [0.717, 1.165) is 25.3 Å². The topological polar surface area (TPSA) is 39.9 Å². The smallest absolute Gasteiger partial charge is 0.162 e. The van der Waals surface area contributed by atoms with Gasteiger partial charge in [-0.15, -0.1) is 10.2 Å². The van der Waals surface area contributed by atoms with E-state index in [1.54, 1.807) is 6.33 Å². The van der Waals surface area contributed by atoms with Crippen LogP contribution in [0.25, 0.3) is 0 Å². The van der Waals surface area contributed by atoms with Crippen LogP contribution in [0.5, 0.6) is 0 Å². The minimum Gasteiger partial charge on any atom is -0.370 e. The van der Waals surface area contributed by atoms with Crippen LogP contribution in [0.15, 0.2) is 6.33 Å². The monoisotopic (exact) mass is 181 g/mol. The molecule has 4 heteroatoms. The molecule has 1 fully saturated rings. The van der Waals surface area contributed by atoms with Crippen LogP contribution < -0.4 is 0 Å². The average molecular weight is 181 g/mol. The molecular formula is C9H15N3O. The molecule has 0 radical (unpaired) electrons. The number of hydrogen-bond donors (Lipinski definition) is 0. The molecule has 4 nitrogen and oxygen atoms in total. The summed E-state index contributed by atoms with van der Waals surface area (Å²) in [5.74, 6) is 0.979. The quantitative estimate of drug-likeness (QED) is 0.697. The summed E-state index contributed by atoms with van der Waals surface area (Å²) in [4.78, 5) is 0. The van der Waals surface area contributed by atoms with Crippen molar-refractivity contribution in [2.45, 2.75) is 38.8 Å². The summed E-state index contributed by atoms with van der Waals surface area (Å²) in [5.41, 5.74) is 0. The van der Waals surface area contributed by atoms with Crippen LogP contribution in [0.3, 0.4) is 0 Å². The number of rotatable bonds is 2. The zero-order chi connectivity index (χ0) is 9.26. The molecule has 1 aromatic heterocycles. The van der Waals surface area contributed by atoms with Gasteiger partial charge in [0.15, 0.2) is 5.82 Å². The first-order valence-corrected chi connectivity index (χ1v) is 4.80. The fourth-order valence-electron chi connectivity index (χ4n) is 1.66. The third-order valence-electron chi connectivity index (χ3n) is 2.37. The second-order valence-corrected chi connectivity index (χ2v) is 3.69. The van der Waals surface area contributed by atoms with Gasteiger partial charge in [0.05, 0.1) is 0 Å². The average Bonchev–Trinajstić information content (AvgIpc) is 2.74. The third kappa shape index (κ3) is 1.58. The molecule has 72 valence electrons. The molecule has 0 amide bonds. The molecule has 0 aliphatic carbocycles. The van der Waals surface area contributed by atoms with Gasteiger partial charge in [0.25, 0.3) is 0 Å². The van der Waals surface area contributed by atoms with Crippen molar-refractivity contribution in [3.8, 4) is 0 Å². The maximum atomic E-state index is 5.56. The Hall–Kier alpha value is -0.900. The molecule has 2 rings (SSSR count). The normalized spacial score (nSPS) is 22.8. The Morgan fingerprint density at radius 3 is 3.08 bits per heavy atom. The van der Waals surface area contributed by atoms with Crippen molar-refractivity contribution in [1.82, 2.24) is 14.8 Å². The van der Waals surface area contributed by atoms with Crippen LogP contribution in [-0.4, -0.2) is 21.4 Å². The summed E-state index contributed by atoms with van der Waals surface area (Å²) in [6.07, 6.45) is 4.16. The standard InChI is InChI=1S/C9H15N3O/c1-7(2)12-6-10-11-9(12)8-4-3-5-13-8/h6-8H,3-5H2,1-2H3. The molecule has 13 heavy (non-hydrogen) atoms. The first-order chi connectivity index (χ1) is 6.29. The lowest BCUT2D eigenvalue weighted by Crippen LogP contribution is -2.09. The zero-order valence-corrected chi connectivity index (χ0v) is 8.10.